The number of likely N-dealkylation sites (tertiary alicyclic amines) is 1. The van der Waals surface area contributed by atoms with Gasteiger partial charge in [-0.05, 0) is 28.8 Å². The van der Waals surface area contributed by atoms with Gasteiger partial charge in [0.1, 0.15) is 11.9 Å². The van der Waals surface area contributed by atoms with Crippen LogP contribution in [0.2, 0.25) is 0 Å². The molecule has 1 aliphatic rings. The average Bonchev–Trinajstić information content (AvgIpc) is 3.03. The Bertz CT molecular complexity index is 765. The van der Waals surface area contributed by atoms with Crippen molar-refractivity contribution < 1.29 is 14.3 Å². The van der Waals surface area contributed by atoms with Crippen LogP contribution < -0.4 is 5.32 Å². The first-order valence-corrected chi connectivity index (χ1v) is 9.04. The minimum atomic E-state index is -0.442. The van der Waals surface area contributed by atoms with Crippen molar-refractivity contribution in [3.63, 3.8) is 0 Å². The van der Waals surface area contributed by atoms with E-state index < -0.39 is 6.10 Å². The number of hydrogen-bond acceptors (Lipinski definition) is 7. The Morgan fingerprint density at radius 2 is 2.32 bits per heavy atom. The summed E-state index contributed by atoms with van der Waals surface area (Å²) in [6.45, 7) is 2.84. The van der Waals surface area contributed by atoms with Crippen LogP contribution in [0.15, 0.2) is 21.2 Å². The zero-order valence-electron chi connectivity index (χ0n) is 14.0. The van der Waals surface area contributed by atoms with Crippen LogP contribution in [-0.4, -0.2) is 60.5 Å². The summed E-state index contributed by atoms with van der Waals surface area (Å²) in [7, 11) is 1.60. The van der Waals surface area contributed by atoms with Crippen molar-refractivity contribution in [3.8, 4) is 6.07 Å². The number of ether oxygens (including phenoxy) is 1. The van der Waals surface area contributed by atoms with E-state index in [0.717, 1.165) is 41.6 Å². The molecular weight excluding hydrogens is 388 g/mol. The molecule has 2 aromatic heterocycles. The molecule has 0 aliphatic carbocycles. The van der Waals surface area contributed by atoms with Crippen LogP contribution in [0.5, 0.6) is 0 Å². The molecule has 25 heavy (non-hydrogen) atoms. The van der Waals surface area contributed by atoms with Gasteiger partial charge in [-0.25, -0.2) is 4.98 Å². The number of methoxy groups -OCH3 is 1. The number of rotatable bonds is 6. The highest BCUT2D eigenvalue weighted by Crippen LogP contribution is 2.32. The SMILES string of the molecule is COC[C@@H](O)CN1CCC(Nc2ncc3oc(C#N)cc3c2Br)CC1. The van der Waals surface area contributed by atoms with Crippen LogP contribution in [0, 0.1) is 11.3 Å². The Morgan fingerprint density at radius 3 is 3.00 bits per heavy atom. The van der Waals surface area contributed by atoms with Gasteiger partial charge in [0.25, 0.3) is 0 Å². The third-order valence-electron chi connectivity index (χ3n) is 4.38. The standard InChI is InChI=1S/C17H21BrN4O3/c1-24-10-12(23)9-22-4-2-11(3-5-22)21-17-16(18)14-6-13(7-19)25-15(14)8-20-17/h6,8,11-12,23H,2-5,9-10H2,1H3,(H,20,21)/t12-/m0/s1. The summed E-state index contributed by atoms with van der Waals surface area (Å²) in [6, 6.07) is 4.04. The summed E-state index contributed by atoms with van der Waals surface area (Å²) in [5.41, 5.74) is 0.593. The fraction of sp³-hybridized carbons (Fsp3) is 0.529. The average molecular weight is 409 g/mol. The summed E-state index contributed by atoms with van der Waals surface area (Å²) in [5.74, 6) is 1.04. The zero-order chi connectivity index (χ0) is 17.8. The molecule has 0 aromatic carbocycles. The van der Waals surface area contributed by atoms with Gasteiger partial charge < -0.3 is 24.5 Å². The smallest absolute Gasteiger partial charge is 0.204 e. The normalized spacial score (nSPS) is 17.5. The lowest BCUT2D eigenvalue weighted by atomic mass is 10.0. The molecule has 7 nitrogen and oxygen atoms in total. The van der Waals surface area contributed by atoms with Gasteiger partial charge in [-0.1, -0.05) is 0 Å². The zero-order valence-corrected chi connectivity index (χ0v) is 15.6. The Morgan fingerprint density at radius 1 is 1.56 bits per heavy atom. The predicted molar refractivity (Wildman–Crippen MR) is 97.4 cm³/mol. The van der Waals surface area contributed by atoms with Crippen LogP contribution in [0.25, 0.3) is 11.0 Å². The number of aliphatic hydroxyl groups is 1. The molecule has 1 saturated heterocycles. The molecule has 3 rings (SSSR count). The quantitative estimate of drug-likeness (QED) is 0.756. The van der Waals surface area contributed by atoms with Crippen molar-refractivity contribution in [1.82, 2.24) is 9.88 Å². The summed E-state index contributed by atoms with van der Waals surface area (Å²) in [4.78, 5) is 6.66. The van der Waals surface area contributed by atoms with Crippen molar-refractivity contribution in [2.75, 3.05) is 38.7 Å². The number of aromatic nitrogens is 1. The number of halogens is 1. The number of β-amino-alcohol motifs (C(OH)–C–C–N with tert-alkyl or cyclic N) is 1. The molecule has 0 spiro atoms. The molecule has 0 saturated carbocycles. The molecule has 0 amide bonds. The van der Waals surface area contributed by atoms with Crippen molar-refractivity contribution in [2.45, 2.75) is 25.0 Å². The van der Waals surface area contributed by atoms with E-state index in [1.807, 2.05) is 6.07 Å². The van der Waals surface area contributed by atoms with Gasteiger partial charge in [0.15, 0.2) is 5.58 Å². The molecule has 0 bridgehead atoms. The van der Waals surface area contributed by atoms with Gasteiger partial charge in [-0.3, -0.25) is 0 Å². The Labute approximate surface area is 154 Å². The molecule has 3 heterocycles. The first-order chi connectivity index (χ1) is 12.1. The number of furan rings is 1. The van der Waals surface area contributed by atoms with Crippen molar-refractivity contribution in [2.24, 2.45) is 0 Å². The number of nitrogens with zero attached hydrogens (tertiary/aromatic N) is 3. The molecule has 0 radical (unpaired) electrons. The first-order valence-electron chi connectivity index (χ1n) is 8.24. The lowest BCUT2D eigenvalue weighted by Gasteiger charge is -2.33. The number of piperidine rings is 1. The maximum absolute atomic E-state index is 9.83. The van der Waals surface area contributed by atoms with Gasteiger partial charge in [0.2, 0.25) is 5.76 Å². The maximum atomic E-state index is 9.83. The number of aliphatic hydroxyl groups excluding tert-OH is 1. The monoisotopic (exact) mass is 408 g/mol. The number of hydrogen-bond donors (Lipinski definition) is 2. The number of pyridine rings is 1. The number of nitriles is 1. The lowest BCUT2D eigenvalue weighted by Crippen LogP contribution is -2.43. The Balaban J connectivity index is 1.60. The minimum absolute atomic E-state index is 0.276. The van der Waals surface area contributed by atoms with E-state index in [-0.39, 0.29) is 5.76 Å². The number of nitrogens with one attached hydrogen (secondary N) is 1. The molecule has 2 aromatic rings. The van der Waals surface area contributed by atoms with Crippen molar-refractivity contribution >= 4 is 32.7 Å². The molecule has 0 unspecified atom stereocenters. The highest BCUT2D eigenvalue weighted by molar-refractivity contribution is 9.10. The highest BCUT2D eigenvalue weighted by atomic mass is 79.9. The highest BCUT2D eigenvalue weighted by Gasteiger charge is 2.22. The van der Waals surface area contributed by atoms with E-state index in [4.69, 9.17) is 14.4 Å². The first kappa shape index (κ1) is 18.1. The predicted octanol–water partition coefficient (Wildman–Crippen LogP) is 2.35. The third kappa shape index (κ3) is 4.30. The van der Waals surface area contributed by atoms with E-state index in [9.17, 15) is 5.11 Å². The van der Waals surface area contributed by atoms with Crippen LogP contribution >= 0.6 is 15.9 Å². The summed E-state index contributed by atoms with van der Waals surface area (Å²) >= 11 is 3.56. The maximum Gasteiger partial charge on any atom is 0.204 e. The van der Waals surface area contributed by atoms with Crippen molar-refractivity contribution in [3.05, 3.63) is 22.5 Å². The number of fused-ring (bicyclic) bond motifs is 1. The minimum Gasteiger partial charge on any atom is -0.444 e. The van der Waals surface area contributed by atoms with E-state index in [1.165, 1.54) is 0 Å². The van der Waals surface area contributed by atoms with Crippen LogP contribution in [-0.2, 0) is 4.74 Å². The molecule has 134 valence electrons. The summed E-state index contributed by atoms with van der Waals surface area (Å²) in [6.07, 6.45) is 3.14. The third-order valence-corrected chi connectivity index (χ3v) is 5.19. The Kier molecular flexibility index (Phi) is 5.91. The van der Waals surface area contributed by atoms with E-state index >= 15 is 0 Å². The Hall–Kier alpha value is -1.66. The lowest BCUT2D eigenvalue weighted by molar-refractivity contribution is 0.0327. The summed E-state index contributed by atoms with van der Waals surface area (Å²) in [5, 5.41) is 23.1. The van der Waals surface area contributed by atoms with Crippen molar-refractivity contribution in [1.29, 1.82) is 5.26 Å². The molecule has 1 aliphatic heterocycles. The fourth-order valence-electron chi connectivity index (χ4n) is 3.13. The second-order valence-electron chi connectivity index (χ2n) is 6.25. The molecule has 8 heteroatoms. The van der Waals surface area contributed by atoms with Gasteiger partial charge in [0, 0.05) is 44.2 Å². The van der Waals surface area contributed by atoms with Gasteiger partial charge in [0.05, 0.1) is 23.4 Å². The second kappa shape index (κ2) is 8.15. The topological polar surface area (TPSA) is 94.6 Å². The molecule has 1 atom stereocenters. The van der Waals surface area contributed by atoms with Crippen LogP contribution in [0.4, 0.5) is 5.82 Å². The van der Waals surface area contributed by atoms with E-state index in [2.05, 4.69) is 31.1 Å². The fourth-order valence-corrected chi connectivity index (χ4v) is 3.66. The van der Waals surface area contributed by atoms with Crippen LogP contribution in [0.1, 0.15) is 18.6 Å². The molecule has 1 fully saturated rings. The van der Waals surface area contributed by atoms with Gasteiger partial charge in [-0.15, -0.1) is 0 Å². The second-order valence-corrected chi connectivity index (χ2v) is 7.04. The largest absolute Gasteiger partial charge is 0.444 e. The summed E-state index contributed by atoms with van der Waals surface area (Å²) < 4.78 is 11.2. The van der Waals surface area contributed by atoms with Gasteiger partial charge in [-0.2, -0.15) is 5.26 Å². The van der Waals surface area contributed by atoms with Gasteiger partial charge >= 0.3 is 0 Å². The van der Waals surface area contributed by atoms with E-state index in [0.29, 0.717) is 24.8 Å². The molecular formula is C17H21BrN4O3. The van der Waals surface area contributed by atoms with E-state index in [1.54, 1.807) is 19.4 Å². The molecule has 2 N–H and O–H groups in total. The number of anilines is 1. The van der Waals surface area contributed by atoms with Crippen LogP contribution in [0.3, 0.4) is 0 Å².